The zero-order valence-corrected chi connectivity index (χ0v) is 9.78. The average Bonchev–Trinajstić information content (AvgIpc) is 2.16. The molecule has 0 aliphatic rings. The summed E-state index contributed by atoms with van der Waals surface area (Å²) in [4.78, 5) is 11.7. The number of Topliss-reactive ketones (excluding diaryl/α,β-unsaturated/α-hetero) is 1. The SMILES string of the molecule is CC(C)Oc1cccc(C(=O)C(C)C)c1. The van der Waals surface area contributed by atoms with E-state index < -0.39 is 0 Å². The average molecular weight is 206 g/mol. The van der Waals surface area contributed by atoms with E-state index in [0.717, 1.165) is 11.3 Å². The monoisotopic (exact) mass is 206 g/mol. The van der Waals surface area contributed by atoms with Crippen molar-refractivity contribution in [2.24, 2.45) is 5.92 Å². The van der Waals surface area contributed by atoms with Crippen LogP contribution in [0.4, 0.5) is 0 Å². The van der Waals surface area contributed by atoms with Gasteiger partial charge in [0.25, 0.3) is 0 Å². The summed E-state index contributed by atoms with van der Waals surface area (Å²) in [7, 11) is 0. The minimum absolute atomic E-state index is 0.0271. The summed E-state index contributed by atoms with van der Waals surface area (Å²) in [5, 5.41) is 0. The maximum Gasteiger partial charge on any atom is 0.165 e. The van der Waals surface area contributed by atoms with Crippen LogP contribution in [0.15, 0.2) is 24.3 Å². The highest BCUT2D eigenvalue weighted by molar-refractivity contribution is 5.97. The first-order valence-electron chi connectivity index (χ1n) is 5.31. The maximum absolute atomic E-state index is 11.7. The molecule has 0 amide bonds. The second kappa shape index (κ2) is 4.96. The van der Waals surface area contributed by atoms with Crippen molar-refractivity contribution in [3.05, 3.63) is 29.8 Å². The van der Waals surface area contributed by atoms with Crippen molar-refractivity contribution in [3.8, 4) is 5.75 Å². The molecule has 2 heteroatoms. The molecule has 0 saturated carbocycles. The smallest absolute Gasteiger partial charge is 0.165 e. The summed E-state index contributed by atoms with van der Waals surface area (Å²) in [6.45, 7) is 7.74. The Balaban J connectivity index is 2.87. The highest BCUT2D eigenvalue weighted by atomic mass is 16.5. The van der Waals surface area contributed by atoms with Gasteiger partial charge < -0.3 is 4.74 Å². The molecule has 2 nitrogen and oxygen atoms in total. The molecule has 0 radical (unpaired) electrons. The Kier molecular flexibility index (Phi) is 3.89. The van der Waals surface area contributed by atoms with Gasteiger partial charge in [0.05, 0.1) is 6.10 Å². The molecule has 0 atom stereocenters. The van der Waals surface area contributed by atoms with Crippen molar-refractivity contribution >= 4 is 5.78 Å². The molecule has 0 bridgehead atoms. The number of ether oxygens (including phenoxy) is 1. The second-order valence-corrected chi connectivity index (χ2v) is 4.21. The maximum atomic E-state index is 11.7. The molecule has 1 aromatic rings. The topological polar surface area (TPSA) is 26.3 Å². The standard InChI is InChI=1S/C13H18O2/c1-9(2)13(14)11-6-5-7-12(8-11)15-10(3)4/h5-10H,1-4H3. The number of carbonyl (C=O) groups is 1. The Labute approximate surface area is 91.3 Å². The number of carbonyl (C=O) groups excluding carboxylic acids is 1. The number of hydrogen-bond acceptors (Lipinski definition) is 2. The van der Waals surface area contributed by atoms with Gasteiger partial charge in [-0.15, -0.1) is 0 Å². The molecule has 0 aliphatic carbocycles. The first kappa shape index (κ1) is 11.8. The quantitative estimate of drug-likeness (QED) is 0.706. The minimum Gasteiger partial charge on any atom is -0.491 e. The number of benzene rings is 1. The molecule has 0 N–H and O–H groups in total. The molecule has 1 rings (SSSR count). The van der Waals surface area contributed by atoms with Crippen LogP contribution >= 0.6 is 0 Å². The van der Waals surface area contributed by atoms with E-state index in [4.69, 9.17) is 4.74 Å². The predicted octanol–water partition coefficient (Wildman–Crippen LogP) is 3.31. The number of ketones is 1. The Morgan fingerprint density at radius 1 is 1.20 bits per heavy atom. The summed E-state index contributed by atoms with van der Waals surface area (Å²) >= 11 is 0. The molecule has 1 aromatic carbocycles. The third-order valence-corrected chi connectivity index (χ3v) is 2.01. The first-order chi connectivity index (χ1) is 7.00. The Bertz CT molecular complexity index is 340. The van der Waals surface area contributed by atoms with Crippen molar-refractivity contribution in [2.45, 2.75) is 33.8 Å². The summed E-state index contributed by atoms with van der Waals surface area (Å²) in [5.41, 5.74) is 0.725. The fourth-order valence-electron chi connectivity index (χ4n) is 1.33. The summed E-state index contributed by atoms with van der Waals surface area (Å²) in [6.07, 6.45) is 0.134. The summed E-state index contributed by atoms with van der Waals surface area (Å²) < 4.78 is 5.53. The summed E-state index contributed by atoms with van der Waals surface area (Å²) in [6, 6.07) is 7.36. The van der Waals surface area contributed by atoms with E-state index in [2.05, 4.69) is 0 Å². The van der Waals surface area contributed by atoms with Crippen LogP contribution in [0.2, 0.25) is 0 Å². The molecular weight excluding hydrogens is 188 g/mol. The molecule has 0 heterocycles. The predicted molar refractivity (Wildman–Crippen MR) is 61.4 cm³/mol. The molecule has 0 aromatic heterocycles. The first-order valence-corrected chi connectivity index (χ1v) is 5.31. The van der Waals surface area contributed by atoms with Gasteiger partial charge in [-0.2, -0.15) is 0 Å². The van der Waals surface area contributed by atoms with Crippen LogP contribution in [0.3, 0.4) is 0 Å². The molecule has 0 fully saturated rings. The van der Waals surface area contributed by atoms with Gasteiger partial charge in [-0.05, 0) is 26.0 Å². The van der Waals surface area contributed by atoms with Crippen molar-refractivity contribution < 1.29 is 9.53 Å². The molecule has 0 aliphatic heterocycles. The van der Waals surface area contributed by atoms with Crippen molar-refractivity contribution in [2.75, 3.05) is 0 Å². The van der Waals surface area contributed by atoms with E-state index in [1.165, 1.54) is 0 Å². The van der Waals surface area contributed by atoms with E-state index in [9.17, 15) is 4.79 Å². The van der Waals surface area contributed by atoms with Gasteiger partial charge in [-0.3, -0.25) is 4.79 Å². The lowest BCUT2D eigenvalue weighted by molar-refractivity contribution is 0.0938. The minimum atomic E-state index is 0.0271. The van der Waals surface area contributed by atoms with Crippen LogP contribution in [-0.2, 0) is 0 Å². The van der Waals surface area contributed by atoms with Gasteiger partial charge in [-0.1, -0.05) is 26.0 Å². The molecule has 0 unspecified atom stereocenters. The highest BCUT2D eigenvalue weighted by Gasteiger charge is 2.11. The fraction of sp³-hybridized carbons (Fsp3) is 0.462. The number of hydrogen-bond donors (Lipinski definition) is 0. The lowest BCUT2D eigenvalue weighted by atomic mass is 10.0. The van der Waals surface area contributed by atoms with Crippen molar-refractivity contribution in [1.29, 1.82) is 0 Å². The van der Waals surface area contributed by atoms with Gasteiger partial charge in [0.15, 0.2) is 5.78 Å². The lowest BCUT2D eigenvalue weighted by Gasteiger charge is -2.11. The molecule has 82 valence electrons. The van der Waals surface area contributed by atoms with E-state index in [1.807, 2.05) is 52.0 Å². The van der Waals surface area contributed by atoms with Crippen LogP contribution in [-0.4, -0.2) is 11.9 Å². The van der Waals surface area contributed by atoms with Gasteiger partial charge in [0.2, 0.25) is 0 Å². The second-order valence-electron chi connectivity index (χ2n) is 4.21. The van der Waals surface area contributed by atoms with Crippen molar-refractivity contribution in [1.82, 2.24) is 0 Å². The van der Waals surface area contributed by atoms with Crippen LogP contribution in [0.5, 0.6) is 5.75 Å². The molecular formula is C13H18O2. The zero-order valence-electron chi connectivity index (χ0n) is 9.78. The molecule has 15 heavy (non-hydrogen) atoms. The summed E-state index contributed by atoms with van der Waals surface area (Å²) in [5.74, 6) is 0.944. The van der Waals surface area contributed by atoms with Gasteiger partial charge in [0.1, 0.15) is 5.75 Å². The van der Waals surface area contributed by atoms with Gasteiger partial charge in [0, 0.05) is 11.5 Å². The van der Waals surface area contributed by atoms with Gasteiger partial charge in [-0.25, -0.2) is 0 Å². The largest absolute Gasteiger partial charge is 0.491 e. The van der Waals surface area contributed by atoms with E-state index >= 15 is 0 Å². The Hall–Kier alpha value is -1.31. The van der Waals surface area contributed by atoms with Crippen LogP contribution in [0, 0.1) is 5.92 Å². The zero-order chi connectivity index (χ0) is 11.4. The van der Waals surface area contributed by atoms with E-state index in [1.54, 1.807) is 0 Å². The highest BCUT2D eigenvalue weighted by Crippen LogP contribution is 2.17. The van der Waals surface area contributed by atoms with E-state index in [-0.39, 0.29) is 17.8 Å². The third kappa shape index (κ3) is 3.39. The molecule has 0 saturated heterocycles. The Morgan fingerprint density at radius 3 is 2.40 bits per heavy atom. The van der Waals surface area contributed by atoms with E-state index in [0.29, 0.717) is 0 Å². The van der Waals surface area contributed by atoms with Crippen LogP contribution < -0.4 is 4.74 Å². The molecule has 0 spiro atoms. The third-order valence-electron chi connectivity index (χ3n) is 2.01. The van der Waals surface area contributed by atoms with Gasteiger partial charge >= 0.3 is 0 Å². The lowest BCUT2D eigenvalue weighted by Crippen LogP contribution is -2.09. The Morgan fingerprint density at radius 2 is 1.87 bits per heavy atom. The van der Waals surface area contributed by atoms with Crippen LogP contribution in [0.1, 0.15) is 38.1 Å². The normalized spacial score (nSPS) is 10.8. The van der Waals surface area contributed by atoms with Crippen LogP contribution in [0.25, 0.3) is 0 Å². The fourth-order valence-corrected chi connectivity index (χ4v) is 1.33. The number of rotatable bonds is 4. The van der Waals surface area contributed by atoms with Crippen molar-refractivity contribution in [3.63, 3.8) is 0 Å².